The van der Waals surface area contributed by atoms with Gasteiger partial charge in [0.1, 0.15) is 0 Å². The molecule has 1 aliphatic heterocycles. The summed E-state index contributed by atoms with van der Waals surface area (Å²) in [5, 5.41) is 3.98. The van der Waals surface area contributed by atoms with Crippen molar-refractivity contribution in [2.45, 2.75) is 19.9 Å². The summed E-state index contributed by atoms with van der Waals surface area (Å²) in [6.45, 7) is 7.44. The molecule has 0 aliphatic carbocycles. The Morgan fingerprint density at radius 3 is 2.65 bits per heavy atom. The third-order valence-corrected chi connectivity index (χ3v) is 5.69. The first kappa shape index (κ1) is 21.0. The topological polar surface area (TPSA) is 94.2 Å². The van der Waals surface area contributed by atoms with Crippen LogP contribution in [0.25, 0.3) is 10.9 Å². The molecule has 1 amide bonds. The van der Waals surface area contributed by atoms with Gasteiger partial charge in [-0.2, -0.15) is 0 Å². The van der Waals surface area contributed by atoms with Crippen molar-refractivity contribution < 1.29 is 4.79 Å². The maximum atomic E-state index is 13.0. The number of benzene rings is 1. The Morgan fingerprint density at radius 1 is 1.13 bits per heavy atom. The van der Waals surface area contributed by atoms with Crippen molar-refractivity contribution in [1.82, 2.24) is 25.2 Å². The van der Waals surface area contributed by atoms with E-state index < -0.39 is 0 Å². The highest BCUT2D eigenvalue weighted by molar-refractivity contribution is 5.98. The van der Waals surface area contributed by atoms with Crippen molar-refractivity contribution in [2.75, 3.05) is 38.1 Å². The first-order valence-corrected chi connectivity index (χ1v) is 10.6. The summed E-state index contributed by atoms with van der Waals surface area (Å²) in [6, 6.07) is 10.3. The van der Waals surface area contributed by atoms with Crippen molar-refractivity contribution in [3.63, 3.8) is 0 Å². The van der Waals surface area contributed by atoms with Gasteiger partial charge in [0.15, 0.2) is 0 Å². The van der Waals surface area contributed by atoms with Crippen molar-refractivity contribution >= 4 is 22.8 Å². The lowest BCUT2D eigenvalue weighted by Gasteiger charge is -2.33. The molecule has 8 nitrogen and oxygen atoms in total. The van der Waals surface area contributed by atoms with E-state index in [4.69, 9.17) is 4.98 Å². The number of aromatic amines is 1. The quantitative estimate of drug-likeness (QED) is 0.657. The summed E-state index contributed by atoms with van der Waals surface area (Å²) in [7, 11) is 2.08. The predicted molar refractivity (Wildman–Crippen MR) is 121 cm³/mol. The van der Waals surface area contributed by atoms with Crippen LogP contribution in [-0.4, -0.2) is 59.0 Å². The predicted octanol–water partition coefficient (Wildman–Crippen LogP) is 2.20. The van der Waals surface area contributed by atoms with E-state index in [9.17, 15) is 9.59 Å². The number of H-pyrrole nitrogens is 1. The monoisotopic (exact) mass is 420 g/mol. The van der Waals surface area contributed by atoms with Gasteiger partial charge < -0.3 is 15.1 Å². The number of piperazine rings is 1. The normalized spacial score (nSPS) is 15.9. The molecule has 1 atom stereocenters. The molecule has 0 bridgehead atoms. The lowest BCUT2D eigenvalue weighted by Crippen LogP contribution is -2.46. The molecular weight excluding hydrogens is 392 g/mol. The second-order valence-corrected chi connectivity index (χ2v) is 8.39. The maximum Gasteiger partial charge on any atom is 0.252 e. The lowest BCUT2D eigenvalue weighted by molar-refractivity contribution is 0.0924. The van der Waals surface area contributed by atoms with Crippen LogP contribution in [-0.2, 0) is 0 Å². The number of anilines is 1. The summed E-state index contributed by atoms with van der Waals surface area (Å²) < 4.78 is 0. The fraction of sp³-hybridized carbons (Fsp3) is 0.391. The number of nitrogens with one attached hydrogen (secondary N) is 2. The molecular formula is C23H28N6O2. The molecule has 3 heterocycles. The highest BCUT2D eigenvalue weighted by Gasteiger charge is 2.24. The fourth-order valence-electron chi connectivity index (χ4n) is 3.81. The summed E-state index contributed by atoms with van der Waals surface area (Å²) >= 11 is 0. The number of fused-ring (bicyclic) bond motifs is 1. The molecule has 4 rings (SSSR count). The molecule has 8 heteroatoms. The number of carbonyl (C=O) groups excluding carboxylic acids is 1. The largest absolute Gasteiger partial charge is 0.343 e. The number of aromatic nitrogens is 3. The van der Waals surface area contributed by atoms with Crippen LogP contribution in [0.2, 0.25) is 0 Å². The van der Waals surface area contributed by atoms with Gasteiger partial charge in [-0.15, -0.1) is 0 Å². The van der Waals surface area contributed by atoms with E-state index in [-0.39, 0.29) is 23.4 Å². The van der Waals surface area contributed by atoms with Crippen LogP contribution in [0, 0.1) is 5.92 Å². The minimum Gasteiger partial charge on any atom is -0.343 e. The molecule has 1 fully saturated rings. The summed E-state index contributed by atoms with van der Waals surface area (Å²) in [5.41, 5.74) is 1.75. The maximum absolute atomic E-state index is 13.0. The van der Waals surface area contributed by atoms with Crippen molar-refractivity contribution in [1.29, 1.82) is 0 Å². The van der Waals surface area contributed by atoms with E-state index in [2.05, 4.69) is 32.1 Å². The van der Waals surface area contributed by atoms with Crippen LogP contribution in [0.5, 0.6) is 0 Å². The minimum atomic E-state index is -0.384. The van der Waals surface area contributed by atoms with Crippen molar-refractivity contribution in [2.24, 2.45) is 5.92 Å². The SMILES string of the molecule is CC(C)[C@H](NC(=O)c1ccc2ncccc2c1)c1cc(=O)[nH]c(N2CCN(C)CC2)n1. The number of rotatable bonds is 5. The van der Waals surface area contributed by atoms with Crippen LogP contribution in [0.1, 0.15) is 35.9 Å². The lowest BCUT2D eigenvalue weighted by atomic mass is 9.99. The van der Waals surface area contributed by atoms with Gasteiger partial charge in [0.2, 0.25) is 5.95 Å². The Kier molecular flexibility index (Phi) is 5.99. The van der Waals surface area contributed by atoms with E-state index in [1.807, 2.05) is 38.1 Å². The third kappa shape index (κ3) is 4.74. The van der Waals surface area contributed by atoms with Gasteiger partial charge in [-0.05, 0) is 37.2 Å². The van der Waals surface area contributed by atoms with Crippen LogP contribution < -0.4 is 15.8 Å². The second kappa shape index (κ2) is 8.85. The smallest absolute Gasteiger partial charge is 0.252 e. The number of amides is 1. The minimum absolute atomic E-state index is 0.0562. The molecule has 0 spiro atoms. The van der Waals surface area contributed by atoms with Gasteiger partial charge >= 0.3 is 0 Å². The Labute approximate surface area is 181 Å². The number of pyridine rings is 1. The van der Waals surface area contributed by atoms with Crippen molar-refractivity contribution in [3.8, 4) is 0 Å². The Bertz CT molecular complexity index is 1130. The summed E-state index contributed by atoms with van der Waals surface area (Å²) in [5.74, 6) is 0.417. The molecule has 1 saturated heterocycles. The molecule has 31 heavy (non-hydrogen) atoms. The van der Waals surface area contributed by atoms with E-state index in [1.54, 1.807) is 12.3 Å². The van der Waals surface area contributed by atoms with Crippen LogP contribution in [0.3, 0.4) is 0 Å². The molecule has 1 aliphatic rings. The third-order valence-electron chi connectivity index (χ3n) is 5.69. The number of hydrogen-bond acceptors (Lipinski definition) is 6. The highest BCUT2D eigenvalue weighted by atomic mass is 16.1. The first-order chi connectivity index (χ1) is 14.9. The molecule has 2 N–H and O–H groups in total. The zero-order valence-electron chi connectivity index (χ0n) is 18.1. The number of hydrogen-bond donors (Lipinski definition) is 2. The van der Waals surface area contributed by atoms with E-state index in [0.717, 1.165) is 37.1 Å². The molecule has 2 aromatic heterocycles. The highest BCUT2D eigenvalue weighted by Crippen LogP contribution is 2.22. The summed E-state index contributed by atoms with van der Waals surface area (Å²) in [4.78, 5) is 41.6. The fourth-order valence-corrected chi connectivity index (χ4v) is 3.81. The van der Waals surface area contributed by atoms with E-state index >= 15 is 0 Å². The van der Waals surface area contributed by atoms with Gasteiger partial charge in [-0.25, -0.2) is 4.98 Å². The molecule has 0 unspecified atom stereocenters. The zero-order chi connectivity index (χ0) is 22.0. The zero-order valence-corrected chi connectivity index (χ0v) is 18.1. The Morgan fingerprint density at radius 2 is 1.90 bits per heavy atom. The molecule has 1 aromatic carbocycles. The first-order valence-electron chi connectivity index (χ1n) is 10.6. The average Bonchev–Trinajstić information content (AvgIpc) is 2.76. The second-order valence-electron chi connectivity index (χ2n) is 8.39. The summed E-state index contributed by atoms with van der Waals surface area (Å²) in [6.07, 6.45) is 1.73. The van der Waals surface area contributed by atoms with Gasteiger partial charge in [0, 0.05) is 49.4 Å². The van der Waals surface area contributed by atoms with Gasteiger partial charge in [-0.3, -0.25) is 19.6 Å². The van der Waals surface area contributed by atoms with Gasteiger partial charge in [-0.1, -0.05) is 19.9 Å². The van der Waals surface area contributed by atoms with Gasteiger partial charge in [0.25, 0.3) is 11.5 Å². The molecule has 0 radical (unpaired) electrons. The van der Waals surface area contributed by atoms with E-state index in [0.29, 0.717) is 17.2 Å². The average molecular weight is 421 g/mol. The van der Waals surface area contributed by atoms with Crippen LogP contribution >= 0.6 is 0 Å². The van der Waals surface area contributed by atoms with Crippen LogP contribution in [0.15, 0.2) is 47.4 Å². The Hall–Kier alpha value is -3.26. The molecule has 0 saturated carbocycles. The Balaban J connectivity index is 1.59. The van der Waals surface area contributed by atoms with E-state index in [1.165, 1.54) is 6.07 Å². The standard InChI is InChI=1S/C23H28N6O2/c1-15(2)21(27-22(31)17-6-7-18-16(13-17)5-4-8-24-18)19-14-20(30)26-23(25-19)29-11-9-28(3)10-12-29/h4-8,13-15,21H,9-12H2,1-3H3,(H,27,31)(H,25,26,30)/t21-/m0/s1. The van der Waals surface area contributed by atoms with Crippen molar-refractivity contribution in [3.05, 3.63) is 64.2 Å². The number of likely N-dealkylation sites (N-methyl/N-ethyl adjacent to an activating group) is 1. The number of nitrogens with zero attached hydrogens (tertiary/aromatic N) is 4. The number of carbonyl (C=O) groups is 1. The molecule has 3 aromatic rings. The molecule has 162 valence electrons. The van der Waals surface area contributed by atoms with Gasteiger partial charge in [0.05, 0.1) is 17.3 Å². The van der Waals surface area contributed by atoms with Crippen LogP contribution in [0.4, 0.5) is 5.95 Å².